The molecule has 130 valence electrons. The maximum atomic E-state index is 11.2. The van der Waals surface area contributed by atoms with Gasteiger partial charge in [0.25, 0.3) is 0 Å². The van der Waals surface area contributed by atoms with Crippen LogP contribution in [-0.2, 0) is 13.1 Å². The van der Waals surface area contributed by atoms with E-state index in [4.69, 9.17) is 5.73 Å². The molecule has 0 aliphatic heterocycles. The van der Waals surface area contributed by atoms with Crippen LogP contribution in [0.5, 0.6) is 0 Å². The molecule has 1 aromatic heterocycles. The van der Waals surface area contributed by atoms with Crippen LogP contribution >= 0.6 is 35.3 Å². The number of carbonyl (C=O) groups excluding carboxylic acids is 1. The number of aliphatic imine (C=N–C) groups is 1. The molecule has 0 spiro atoms. The Hall–Kier alpha value is -1.68. The summed E-state index contributed by atoms with van der Waals surface area (Å²) >= 11 is 1.68. The highest BCUT2D eigenvalue weighted by Gasteiger charge is 2.05. The first-order valence-electron chi connectivity index (χ1n) is 7.25. The molecule has 2 aromatic rings. The van der Waals surface area contributed by atoms with Crippen molar-refractivity contribution in [1.82, 2.24) is 15.6 Å². The molecule has 0 bridgehead atoms. The molecule has 4 N–H and O–H groups in total. The van der Waals surface area contributed by atoms with Crippen molar-refractivity contribution in [1.29, 1.82) is 0 Å². The van der Waals surface area contributed by atoms with Crippen molar-refractivity contribution in [2.24, 2.45) is 10.7 Å². The van der Waals surface area contributed by atoms with E-state index in [1.54, 1.807) is 30.5 Å². The second-order valence-electron chi connectivity index (χ2n) is 5.09. The summed E-state index contributed by atoms with van der Waals surface area (Å²) in [6.45, 7) is 5.25. The zero-order valence-corrected chi connectivity index (χ0v) is 17.1. The first-order valence-corrected chi connectivity index (χ1v) is 8.07. The van der Waals surface area contributed by atoms with Crippen molar-refractivity contribution in [3.63, 3.8) is 0 Å². The lowest BCUT2D eigenvalue weighted by Gasteiger charge is -2.11. The molecule has 0 aliphatic carbocycles. The highest BCUT2D eigenvalue weighted by atomic mass is 127. The van der Waals surface area contributed by atoms with Crippen LogP contribution in [0.2, 0.25) is 0 Å². The molecule has 1 heterocycles. The van der Waals surface area contributed by atoms with Gasteiger partial charge in [0.05, 0.1) is 12.2 Å². The number of nitrogens with two attached hydrogens (primary N) is 1. The fraction of sp³-hybridized carbons (Fsp3) is 0.312. The SMILES string of the molecule is CN=C(NCc1cccc(C(N)=O)c1)NCc1nc(C)c(C)s1.I. The van der Waals surface area contributed by atoms with Crippen molar-refractivity contribution in [2.75, 3.05) is 7.05 Å². The van der Waals surface area contributed by atoms with E-state index in [2.05, 4.69) is 27.5 Å². The van der Waals surface area contributed by atoms with Crippen LogP contribution in [0, 0.1) is 13.8 Å². The van der Waals surface area contributed by atoms with E-state index in [1.165, 1.54) is 4.88 Å². The Morgan fingerprint density at radius 1 is 1.29 bits per heavy atom. The van der Waals surface area contributed by atoms with Crippen molar-refractivity contribution in [2.45, 2.75) is 26.9 Å². The summed E-state index contributed by atoms with van der Waals surface area (Å²) in [6, 6.07) is 7.22. The summed E-state index contributed by atoms with van der Waals surface area (Å²) in [6.07, 6.45) is 0. The van der Waals surface area contributed by atoms with Gasteiger partial charge in [0.2, 0.25) is 5.91 Å². The zero-order chi connectivity index (χ0) is 16.8. The third-order valence-electron chi connectivity index (χ3n) is 3.37. The second-order valence-corrected chi connectivity index (χ2v) is 6.38. The Labute approximate surface area is 163 Å². The Morgan fingerprint density at radius 3 is 2.58 bits per heavy atom. The molecule has 6 nitrogen and oxygen atoms in total. The second kappa shape index (κ2) is 9.58. The summed E-state index contributed by atoms with van der Waals surface area (Å²) in [5.41, 5.74) is 7.82. The average Bonchev–Trinajstić information content (AvgIpc) is 2.86. The van der Waals surface area contributed by atoms with Gasteiger partial charge < -0.3 is 16.4 Å². The number of hydrogen-bond acceptors (Lipinski definition) is 4. The van der Waals surface area contributed by atoms with Gasteiger partial charge in [-0.15, -0.1) is 35.3 Å². The van der Waals surface area contributed by atoms with Crippen LogP contribution in [0.15, 0.2) is 29.3 Å². The molecule has 0 saturated carbocycles. The van der Waals surface area contributed by atoms with Crippen LogP contribution in [0.25, 0.3) is 0 Å². The minimum Gasteiger partial charge on any atom is -0.366 e. The number of rotatable bonds is 5. The monoisotopic (exact) mass is 459 g/mol. The van der Waals surface area contributed by atoms with E-state index in [9.17, 15) is 4.79 Å². The number of guanidine groups is 1. The fourth-order valence-electron chi connectivity index (χ4n) is 2.02. The molecule has 0 unspecified atom stereocenters. The van der Waals surface area contributed by atoms with E-state index in [1.807, 2.05) is 19.1 Å². The van der Waals surface area contributed by atoms with Gasteiger partial charge in [-0.2, -0.15) is 0 Å². The van der Waals surface area contributed by atoms with Gasteiger partial charge in [-0.05, 0) is 31.5 Å². The van der Waals surface area contributed by atoms with Crippen molar-refractivity contribution in [3.8, 4) is 0 Å². The van der Waals surface area contributed by atoms with E-state index in [0.717, 1.165) is 16.3 Å². The average molecular weight is 459 g/mol. The highest BCUT2D eigenvalue weighted by molar-refractivity contribution is 14.0. The molecule has 1 amide bonds. The zero-order valence-electron chi connectivity index (χ0n) is 13.9. The first-order chi connectivity index (χ1) is 11.0. The van der Waals surface area contributed by atoms with Crippen LogP contribution in [0.1, 0.15) is 31.5 Å². The summed E-state index contributed by atoms with van der Waals surface area (Å²) in [4.78, 5) is 21.1. The number of halogens is 1. The number of primary amides is 1. The van der Waals surface area contributed by atoms with Crippen LogP contribution < -0.4 is 16.4 Å². The molecule has 0 aliphatic rings. The predicted octanol–water partition coefficient (Wildman–Crippen LogP) is 2.34. The van der Waals surface area contributed by atoms with Gasteiger partial charge in [0, 0.05) is 24.0 Å². The van der Waals surface area contributed by atoms with Gasteiger partial charge in [-0.25, -0.2) is 4.98 Å². The normalized spacial score (nSPS) is 10.9. The summed E-state index contributed by atoms with van der Waals surface area (Å²) in [5, 5.41) is 7.46. The minimum atomic E-state index is -0.427. The number of benzene rings is 1. The molecule has 0 atom stereocenters. The van der Waals surface area contributed by atoms with Crippen LogP contribution in [0.3, 0.4) is 0 Å². The van der Waals surface area contributed by atoms with Crippen molar-refractivity contribution in [3.05, 3.63) is 51.0 Å². The molecule has 0 radical (unpaired) electrons. The molecule has 0 fully saturated rings. The lowest BCUT2D eigenvalue weighted by molar-refractivity contribution is 0.1000. The largest absolute Gasteiger partial charge is 0.366 e. The van der Waals surface area contributed by atoms with E-state index in [0.29, 0.717) is 24.6 Å². The number of thiazole rings is 1. The first kappa shape index (κ1) is 20.4. The predicted molar refractivity (Wildman–Crippen MR) is 109 cm³/mol. The van der Waals surface area contributed by atoms with Crippen molar-refractivity contribution >= 4 is 47.2 Å². The molecular weight excluding hydrogens is 437 g/mol. The van der Waals surface area contributed by atoms with Gasteiger partial charge in [0.15, 0.2) is 5.96 Å². The number of aryl methyl sites for hydroxylation is 2. The van der Waals surface area contributed by atoms with Gasteiger partial charge >= 0.3 is 0 Å². The topological polar surface area (TPSA) is 92.4 Å². The standard InChI is InChI=1S/C16H21N5OS.HI/c1-10-11(2)23-14(21-10)9-20-16(18-3)19-8-12-5-4-6-13(7-12)15(17)22;/h4-7H,8-9H2,1-3H3,(H2,17,22)(H2,18,19,20);1H. The molecule has 8 heteroatoms. The van der Waals surface area contributed by atoms with E-state index < -0.39 is 5.91 Å². The van der Waals surface area contributed by atoms with Gasteiger partial charge in [0.1, 0.15) is 5.01 Å². The quantitative estimate of drug-likeness (QED) is 0.364. The lowest BCUT2D eigenvalue weighted by atomic mass is 10.1. The summed E-state index contributed by atoms with van der Waals surface area (Å²) in [5.74, 6) is 0.254. The molecule has 2 rings (SSSR count). The van der Waals surface area contributed by atoms with E-state index in [-0.39, 0.29) is 24.0 Å². The Balaban J connectivity index is 0.00000288. The van der Waals surface area contributed by atoms with Gasteiger partial charge in [-0.3, -0.25) is 9.79 Å². The third-order valence-corrected chi connectivity index (χ3v) is 4.45. The number of carbonyl (C=O) groups is 1. The smallest absolute Gasteiger partial charge is 0.248 e. The highest BCUT2D eigenvalue weighted by Crippen LogP contribution is 2.15. The molecule has 1 aromatic carbocycles. The molecular formula is C16H22IN5OS. The summed E-state index contributed by atoms with van der Waals surface area (Å²) in [7, 11) is 1.72. The number of hydrogen-bond donors (Lipinski definition) is 3. The summed E-state index contributed by atoms with van der Waals surface area (Å²) < 4.78 is 0. The van der Waals surface area contributed by atoms with Crippen molar-refractivity contribution < 1.29 is 4.79 Å². The Kier molecular flexibility index (Phi) is 8.13. The fourth-order valence-corrected chi connectivity index (χ4v) is 2.89. The van der Waals surface area contributed by atoms with Crippen LogP contribution in [0.4, 0.5) is 0 Å². The third kappa shape index (κ3) is 5.75. The Bertz CT molecular complexity index is 710. The van der Waals surface area contributed by atoms with Crippen LogP contribution in [-0.4, -0.2) is 23.9 Å². The molecule has 24 heavy (non-hydrogen) atoms. The maximum absolute atomic E-state index is 11.2. The Morgan fingerprint density at radius 2 is 2.00 bits per heavy atom. The number of amides is 1. The van der Waals surface area contributed by atoms with Gasteiger partial charge in [-0.1, -0.05) is 12.1 Å². The minimum absolute atomic E-state index is 0. The number of nitrogens with zero attached hydrogens (tertiary/aromatic N) is 2. The number of aromatic nitrogens is 1. The lowest BCUT2D eigenvalue weighted by Crippen LogP contribution is -2.36. The number of nitrogens with one attached hydrogen (secondary N) is 2. The molecule has 0 saturated heterocycles. The maximum Gasteiger partial charge on any atom is 0.248 e. The van der Waals surface area contributed by atoms with E-state index >= 15 is 0 Å².